The first kappa shape index (κ1) is 30.2. The number of likely N-dealkylation sites (tertiary alicyclic amines) is 2. The second kappa shape index (κ2) is 12.5. The first-order chi connectivity index (χ1) is 19.6. The van der Waals surface area contributed by atoms with Crippen molar-refractivity contribution >= 4 is 27.7 Å². The predicted molar refractivity (Wildman–Crippen MR) is 153 cm³/mol. The molecule has 0 spiro atoms. The largest absolute Gasteiger partial charge is 0.448 e. The number of hydrogen-bond donors (Lipinski definition) is 0. The van der Waals surface area contributed by atoms with E-state index in [1.807, 2.05) is 0 Å². The molecule has 3 heterocycles. The van der Waals surface area contributed by atoms with Crippen LogP contribution in [0.3, 0.4) is 0 Å². The van der Waals surface area contributed by atoms with Crippen LogP contribution in [-0.2, 0) is 14.8 Å². The molecule has 2 aromatic carbocycles. The van der Waals surface area contributed by atoms with Crippen LogP contribution < -0.4 is 0 Å². The van der Waals surface area contributed by atoms with Gasteiger partial charge in [0.25, 0.3) is 0 Å². The zero-order valence-corrected chi connectivity index (χ0v) is 25.0. The molecule has 3 fully saturated rings. The summed E-state index contributed by atoms with van der Waals surface area (Å²) in [5, 5.41) is 0.374. The van der Waals surface area contributed by atoms with E-state index in [1.165, 1.54) is 60.0 Å². The number of rotatable bonds is 6. The number of nitrogens with zero attached hydrogens (tertiary/aromatic N) is 3. The van der Waals surface area contributed by atoms with Crippen LogP contribution in [0, 0.1) is 11.6 Å². The first-order valence-electron chi connectivity index (χ1n) is 14.5. The molecule has 3 saturated heterocycles. The molecule has 0 N–H and O–H groups in total. The zero-order valence-electron chi connectivity index (χ0n) is 23.4. The van der Waals surface area contributed by atoms with Crippen LogP contribution in [0.2, 0.25) is 5.02 Å². The smallest absolute Gasteiger partial charge is 0.409 e. The van der Waals surface area contributed by atoms with Crippen LogP contribution in [-0.4, -0.2) is 73.0 Å². The average molecular weight is 610 g/mol. The van der Waals surface area contributed by atoms with Crippen LogP contribution in [0.4, 0.5) is 13.6 Å². The molecule has 2 aromatic rings. The molecule has 0 radical (unpaired) electrons. The van der Waals surface area contributed by atoms with Crippen molar-refractivity contribution in [1.82, 2.24) is 14.1 Å². The van der Waals surface area contributed by atoms with Gasteiger partial charge < -0.3 is 9.64 Å². The molecule has 5 rings (SSSR count). The molecule has 11 heteroatoms. The van der Waals surface area contributed by atoms with Crippen molar-refractivity contribution in [2.24, 2.45) is 0 Å². The minimum atomic E-state index is -4.18. The van der Waals surface area contributed by atoms with Gasteiger partial charge in [-0.25, -0.2) is 22.0 Å². The van der Waals surface area contributed by atoms with Gasteiger partial charge in [-0.15, -0.1) is 0 Å². The van der Waals surface area contributed by atoms with Crippen molar-refractivity contribution in [2.45, 2.75) is 80.8 Å². The molecule has 2 unspecified atom stereocenters. The van der Waals surface area contributed by atoms with E-state index in [0.29, 0.717) is 37.4 Å². The highest BCUT2D eigenvalue weighted by atomic mass is 35.5. The van der Waals surface area contributed by atoms with Gasteiger partial charge in [0.2, 0.25) is 10.0 Å². The Bertz CT molecular complexity index is 1330. The van der Waals surface area contributed by atoms with E-state index >= 15 is 0 Å². The van der Waals surface area contributed by atoms with Gasteiger partial charge >= 0.3 is 6.09 Å². The van der Waals surface area contributed by atoms with E-state index in [1.54, 1.807) is 4.90 Å². The Kier molecular flexibility index (Phi) is 9.23. The number of amides is 1. The highest BCUT2D eigenvalue weighted by Gasteiger charge is 2.43. The van der Waals surface area contributed by atoms with E-state index in [2.05, 4.69) is 11.8 Å². The molecule has 0 aromatic heterocycles. The number of carbonyl (C=O) groups excluding carboxylic acids is 1. The minimum absolute atomic E-state index is 0.0185. The van der Waals surface area contributed by atoms with Gasteiger partial charge in [0, 0.05) is 29.2 Å². The van der Waals surface area contributed by atoms with E-state index in [4.69, 9.17) is 16.3 Å². The topological polar surface area (TPSA) is 70.2 Å². The molecular formula is C30H38ClF2N3O4S. The summed E-state index contributed by atoms with van der Waals surface area (Å²) in [6.45, 7) is 5.41. The van der Waals surface area contributed by atoms with E-state index < -0.39 is 39.8 Å². The quantitative estimate of drug-likeness (QED) is 0.380. The van der Waals surface area contributed by atoms with Gasteiger partial charge in [0.15, 0.2) is 11.6 Å². The summed E-state index contributed by atoms with van der Waals surface area (Å²) in [5.41, 5.74) is 0.0262. The first-order valence-corrected chi connectivity index (χ1v) is 16.3. The molecule has 0 saturated carbocycles. The van der Waals surface area contributed by atoms with Crippen LogP contribution in [0.25, 0.3) is 0 Å². The standard InChI is InChI=1S/C30H38ClF2N3O4S/c1-30(35-17-3-2-4-18-35)15-19-34(20-16-30)29(37)40-21-23-7-5-10-27(25-8-6-9-26(32)28(25)33)36(23)41(38,39)24-13-11-22(31)12-14-24/h6,8-9,11-14,23,27H,2-5,7,10,15-21H2,1H3. The Morgan fingerprint density at radius 1 is 0.976 bits per heavy atom. The molecule has 3 aliphatic heterocycles. The summed E-state index contributed by atoms with van der Waals surface area (Å²) >= 11 is 5.99. The van der Waals surface area contributed by atoms with Crippen molar-refractivity contribution in [3.05, 3.63) is 64.7 Å². The number of piperidine rings is 3. The molecule has 1 amide bonds. The third-order valence-corrected chi connectivity index (χ3v) is 11.3. The maximum absolute atomic E-state index is 15.0. The minimum Gasteiger partial charge on any atom is -0.448 e. The number of sulfonamides is 1. The number of benzene rings is 2. The Labute approximate surface area is 246 Å². The molecule has 7 nitrogen and oxygen atoms in total. The summed E-state index contributed by atoms with van der Waals surface area (Å²) in [4.78, 5) is 17.4. The number of ether oxygens (including phenoxy) is 1. The Hall–Kier alpha value is -2.27. The molecule has 3 aliphatic rings. The fourth-order valence-electron chi connectivity index (χ4n) is 6.55. The zero-order chi connectivity index (χ0) is 29.2. The molecular weight excluding hydrogens is 572 g/mol. The maximum Gasteiger partial charge on any atom is 0.409 e. The highest BCUT2D eigenvalue weighted by molar-refractivity contribution is 7.89. The molecule has 0 aliphatic carbocycles. The van der Waals surface area contributed by atoms with Gasteiger partial charge in [-0.3, -0.25) is 4.90 Å². The summed E-state index contributed by atoms with van der Waals surface area (Å²) in [6.07, 6.45) is 6.19. The fourth-order valence-corrected chi connectivity index (χ4v) is 8.52. The van der Waals surface area contributed by atoms with Crippen LogP contribution in [0.5, 0.6) is 0 Å². The van der Waals surface area contributed by atoms with E-state index in [-0.39, 0.29) is 22.6 Å². The summed E-state index contributed by atoms with van der Waals surface area (Å²) in [6, 6.07) is 7.82. The Morgan fingerprint density at radius 3 is 2.34 bits per heavy atom. The lowest BCUT2D eigenvalue weighted by Crippen LogP contribution is -2.56. The van der Waals surface area contributed by atoms with Crippen LogP contribution in [0.15, 0.2) is 47.4 Å². The van der Waals surface area contributed by atoms with Crippen LogP contribution in [0.1, 0.15) is 69.9 Å². The third-order valence-electron chi connectivity index (χ3n) is 9.03. The van der Waals surface area contributed by atoms with Gasteiger partial charge in [-0.1, -0.05) is 30.2 Å². The lowest BCUT2D eigenvalue weighted by Gasteiger charge is -2.48. The molecule has 224 valence electrons. The fraction of sp³-hybridized carbons (Fsp3) is 0.567. The van der Waals surface area contributed by atoms with Crippen LogP contribution >= 0.6 is 11.6 Å². The predicted octanol–water partition coefficient (Wildman–Crippen LogP) is 6.38. The summed E-state index contributed by atoms with van der Waals surface area (Å²) in [7, 11) is -4.18. The second-order valence-corrected chi connectivity index (χ2v) is 13.9. The number of hydrogen-bond acceptors (Lipinski definition) is 5. The van der Waals surface area contributed by atoms with Crippen molar-refractivity contribution < 1.29 is 26.7 Å². The highest BCUT2D eigenvalue weighted by Crippen LogP contribution is 2.40. The monoisotopic (exact) mass is 609 g/mol. The van der Waals surface area contributed by atoms with E-state index in [0.717, 1.165) is 32.0 Å². The van der Waals surface area contributed by atoms with E-state index in [9.17, 15) is 22.0 Å². The normalized spacial score (nSPS) is 24.2. The van der Waals surface area contributed by atoms with Gasteiger partial charge in [0.1, 0.15) is 6.61 Å². The average Bonchev–Trinajstić information content (AvgIpc) is 2.98. The van der Waals surface area contributed by atoms with Gasteiger partial charge in [0.05, 0.1) is 17.0 Å². The lowest BCUT2D eigenvalue weighted by molar-refractivity contribution is 0.0113. The summed E-state index contributed by atoms with van der Waals surface area (Å²) in [5.74, 6) is -2.11. The molecule has 0 bridgehead atoms. The molecule has 2 atom stereocenters. The number of carbonyl (C=O) groups is 1. The molecule has 41 heavy (non-hydrogen) atoms. The second-order valence-electron chi connectivity index (χ2n) is 11.6. The lowest BCUT2D eigenvalue weighted by atomic mass is 9.86. The number of halogens is 3. The van der Waals surface area contributed by atoms with Gasteiger partial charge in [-0.2, -0.15) is 4.31 Å². The van der Waals surface area contributed by atoms with Crippen molar-refractivity contribution in [1.29, 1.82) is 0 Å². The Morgan fingerprint density at radius 2 is 1.66 bits per heavy atom. The summed E-state index contributed by atoms with van der Waals surface area (Å²) < 4.78 is 64.1. The van der Waals surface area contributed by atoms with Crippen molar-refractivity contribution in [2.75, 3.05) is 32.8 Å². The van der Waals surface area contributed by atoms with Gasteiger partial charge in [-0.05, 0) is 95.3 Å². The maximum atomic E-state index is 15.0. The Balaban J connectivity index is 1.33. The SMILES string of the molecule is CC1(N2CCCCC2)CCN(C(=O)OCC2CCCC(c3cccc(F)c3F)N2S(=O)(=O)c2ccc(Cl)cc2)CC1. The van der Waals surface area contributed by atoms with Crippen molar-refractivity contribution in [3.8, 4) is 0 Å². The third kappa shape index (κ3) is 6.40. The van der Waals surface area contributed by atoms with Crippen molar-refractivity contribution in [3.63, 3.8) is 0 Å².